The zero-order chi connectivity index (χ0) is 14.7. The molecule has 104 valence electrons. The third-order valence-corrected chi connectivity index (χ3v) is 2.84. The Balaban J connectivity index is 2.21. The van der Waals surface area contributed by atoms with Crippen molar-refractivity contribution in [1.82, 2.24) is 9.88 Å². The van der Waals surface area contributed by atoms with Gasteiger partial charge in [-0.1, -0.05) is 0 Å². The maximum Gasteiger partial charge on any atom is 0.256 e. The van der Waals surface area contributed by atoms with Crippen molar-refractivity contribution < 1.29 is 13.6 Å². The monoisotopic (exact) mass is 277 g/mol. The second-order valence-electron chi connectivity index (χ2n) is 4.37. The van der Waals surface area contributed by atoms with Crippen molar-refractivity contribution in [3.63, 3.8) is 0 Å². The number of nitrogens with zero attached hydrogens (tertiary/aromatic N) is 2. The molecule has 0 fully saturated rings. The summed E-state index contributed by atoms with van der Waals surface area (Å²) in [6.45, 7) is 0.319. The number of anilines is 1. The summed E-state index contributed by atoms with van der Waals surface area (Å²) in [4.78, 5) is 17.4. The Hall–Kier alpha value is -2.50. The van der Waals surface area contributed by atoms with E-state index in [4.69, 9.17) is 5.73 Å². The van der Waals surface area contributed by atoms with Gasteiger partial charge in [-0.15, -0.1) is 0 Å². The van der Waals surface area contributed by atoms with Gasteiger partial charge < -0.3 is 10.6 Å². The summed E-state index contributed by atoms with van der Waals surface area (Å²) < 4.78 is 26.2. The number of carbonyl (C=O) groups excluding carboxylic acids is 1. The number of nitrogens with two attached hydrogens (primary N) is 1. The zero-order valence-electron chi connectivity index (χ0n) is 10.8. The first-order valence-electron chi connectivity index (χ1n) is 5.88. The number of rotatable bonds is 3. The van der Waals surface area contributed by atoms with Crippen LogP contribution in [0.4, 0.5) is 14.5 Å². The Morgan fingerprint density at radius 3 is 2.50 bits per heavy atom. The fourth-order valence-corrected chi connectivity index (χ4v) is 1.79. The topological polar surface area (TPSA) is 59.2 Å². The number of pyridine rings is 1. The van der Waals surface area contributed by atoms with Crippen LogP contribution in [0.1, 0.15) is 15.9 Å². The molecule has 0 aliphatic carbocycles. The molecule has 0 radical (unpaired) electrons. The van der Waals surface area contributed by atoms with Crippen LogP contribution in [-0.2, 0) is 6.54 Å². The van der Waals surface area contributed by atoms with E-state index in [1.54, 1.807) is 31.6 Å². The minimum Gasteiger partial charge on any atom is -0.398 e. The van der Waals surface area contributed by atoms with Gasteiger partial charge in [-0.2, -0.15) is 0 Å². The summed E-state index contributed by atoms with van der Waals surface area (Å²) in [5.41, 5.74) is 6.29. The van der Waals surface area contributed by atoms with Gasteiger partial charge in [0, 0.05) is 37.7 Å². The second-order valence-corrected chi connectivity index (χ2v) is 4.37. The van der Waals surface area contributed by atoms with Crippen molar-refractivity contribution >= 4 is 11.6 Å². The van der Waals surface area contributed by atoms with E-state index in [-0.39, 0.29) is 11.3 Å². The van der Waals surface area contributed by atoms with Crippen LogP contribution in [0.2, 0.25) is 0 Å². The van der Waals surface area contributed by atoms with Gasteiger partial charge >= 0.3 is 0 Å². The Morgan fingerprint density at radius 2 is 1.85 bits per heavy atom. The highest BCUT2D eigenvalue weighted by atomic mass is 19.2. The maximum absolute atomic E-state index is 13.2. The highest BCUT2D eigenvalue weighted by Gasteiger charge is 2.18. The first-order chi connectivity index (χ1) is 9.49. The highest BCUT2D eigenvalue weighted by Crippen LogP contribution is 2.19. The SMILES string of the molecule is CN(Cc1ccncc1)C(=O)c1cc(F)c(F)cc1N. The average Bonchev–Trinajstić information content (AvgIpc) is 2.43. The number of nitrogen functional groups attached to an aromatic ring is 1. The van der Waals surface area contributed by atoms with Gasteiger partial charge in [0.15, 0.2) is 11.6 Å². The van der Waals surface area contributed by atoms with Crippen molar-refractivity contribution in [3.05, 3.63) is 59.4 Å². The van der Waals surface area contributed by atoms with Gasteiger partial charge in [0.05, 0.1) is 5.56 Å². The molecule has 1 heterocycles. The van der Waals surface area contributed by atoms with Gasteiger partial charge in [-0.25, -0.2) is 8.78 Å². The summed E-state index contributed by atoms with van der Waals surface area (Å²) in [6.07, 6.45) is 3.22. The molecule has 0 unspecified atom stereocenters. The lowest BCUT2D eigenvalue weighted by atomic mass is 10.1. The molecule has 0 atom stereocenters. The molecular weight excluding hydrogens is 264 g/mol. The summed E-state index contributed by atoms with van der Waals surface area (Å²) in [5.74, 6) is -2.64. The first-order valence-corrected chi connectivity index (χ1v) is 5.88. The molecule has 0 spiro atoms. The van der Waals surface area contributed by atoms with Crippen molar-refractivity contribution in [2.75, 3.05) is 12.8 Å². The van der Waals surface area contributed by atoms with E-state index >= 15 is 0 Å². The van der Waals surface area contributed by atoms with Crippen LogP contribution in [0.25, 0.3) is 0 Å². The molecule has 6 heteroatoms. The molecule has 0 aliphatic rings. The number of hydrogen-bond acceptors (Lipinski definition) is 3. The molecule has 1 aromatic heterocycles. The molecule has 0 aliphatic heterocycles. The van der Waals surface area contributed by atoms with Crippen LogP contribution in [0.15, 0.2) is 36.7 Å². The number of amides is 1. The lowest BCUT2D eigenvalue weighted by Crippen LogP contribution is -2.27. The molecule has 20 heavy (non-hydrogen) atoms. The molecule has 0 saturated carbocycles. The average molecular weight is 277 g/mol. The van der Waals surface area contributed by atoms with Gasteiger partial charge in [0.1, 0.15) is 0 Å². The van der Waals surface area contributed by atoms with Crippen molar-refractivity contribution in [3.8, 4) is 0 Å². The second kappa shape index (κ2) is 5.64. The summed E-state index contributed by atoms with van der Waals surface area (Å²) in [7, 11) is 1.56. The predicted octanol–water partition coefficient (Wildman–Crippen LogP) is 2.21. The highest BCUT2D eigenvalue weighted by molar-refractivity contribution is 5.98. The van der Waals surface area contributed by atoms with E-state index in [2.05, 4.69) is 4.98 Å². The summed E-state index contributed by atoms with van der Waals surface area (Å²) in [6, 6.07) is 5.15. The standard InChI is InChI=1S/C14H13F2N3O/c1-19(8-9-2-4-18-5-3-9)14(20)10-6-11(15)12(16)7-13(10)17/h2-7H,8,17H2,1H3. The van der Waals surface area contributed by atoms with E-state index in [1.165, 1.54) is 4.90 Å². The van der Waals surface area contributed by atoms with Crippen LogP contribution in [0.5, 0.6) is 0 Å². The number of halogens is 2. The Bertz CT molecular complexity index is 632. The number of hydrogen-bond donors (Lipinski definition) is 1. The van der Waals surface area contributed by atoms with Gasteiger partial charge in [0.25, 0.3) is 5.91 Å². The van der Waals surface area contributed by atoms with E-state index in [0.29, 0.717) is 6.54 Å². The van der Waals surface area contributed by atoms with Crippen molar-refractivity contribution in [2.45, 2.75) is 6.54 Å². The zero-order valence-corrected chi connectivity index (χ0v) is 10.8. The molecule has 1 amide bonds. The smallest absolute Gasteiger partial charge is 0.256 e. The first kappa shape index (κ1) is 13.9. The lowest BCUT2D eigenvalue weighted by Gasteiger charge is -2.18. The molecule has 2 N–H and O–H groups in total. The fourth-order valence-electron chi connectivity index (χ4n) is 1.79. The van der Waals surface area contributed by atoms with Gasteiger partial charge in [0.2, 0.25) is 0 Å². The normalized spacial score (nSPS) is 10.3. The van der Waals surface area contributed by atoms with E-state index in [0.717, 1.165) is 17.7 Å². The molecule has 2 rings (SSSR count). The van der Waals surface area contributed by atoms with E-state index in [9.17, 15) is 13.6 Å². The number of aromatic nitrogens is 1. The van der Waals surface area contributed by atoms with Crippen LogP contribution in [0, 0.1) is 11.6 Å². The van der Waals surface area contributed by atoms with Crippen molar-refractivity contribution in [2.24, 2.45) is 0 Å². The third-order valence-electron chi connectivity index (χ3n) is 2.84. The van der Waals surface area contributed by atoms with Crippen LogP contribution in [-0.4, -0.2) is 22.8 Å². The molecular formula is C14H13F2N3O. The van der Waals surface area contributed by atoms with E-state index in [1.807, 2.05) is 0 Å². The molecule has 0 bridgehead atoms. The van der Waals surface area contributed by atoms with Gasteiger partial charge in [-0.3, -0.25) is 9.78 Å². The Morgan fingerprint density at radius 1 is 1.25 bits per heavy atom. The quantitative estimate of drug-likeness (QED) is 0.875. The van der Waals surface area contributed by atoms with Crippen LogP contribution in [0.3, 0.4) is 0 Å². The predicted molar refractivity (Wildman–Crippen MR) is 70.8 cm³/mol. The molecule has 0 saturated heterocycles. The van der Waals surface area contributed by atoms with E-state index < -0.39 is 17.5 Å². The fraction of sp³-hybridized carbons (Fsp3) is 0.143. The molecule has 4 nitrogen and oxygen atoms in total. The summed E-state index contributed by atoms with van der Waals surface area (Å²) in [5, 5.41) is 0. The number of carbonyl (C=O) groups is 1. The third kappa shape index (κ3) is 2.90. The summed E-state index contributed by atoms with van der Waals surface area (Å²) >= 11 is 0. The Labute approximate surface area is 114 Å². The van der Waals surface area contributed by atoms with Crippen LogP contribution >= 0.6 is 0 Å². The lowest BCUT2D eigenvalue weighted by molar-refractivity contribution is 0.0785. The number of benzene rings is 1. The molecule has 1 aromatic carbocycles. The molecule has 2 aromatic rings. The minimum absolute atomic E-state index is 0.0551. The van der Waals surface area contributed by atoms with Crippen LogP contribution < -0.4 is 5.73 Å². The Kier molecular flexibility index (Phi) is 3.93. The van der Waals surface area contributed by atoms with Crippen molar-refractivity contribution in [1.29, 1.82) is 0 Å². The minimum atomic E-state index is -1.10. The maximum atomic E-state index is 13.2. The largest absolute Gasteiger partial charge is 0.398 e. The van der Waals surface area contributed by atoms with Gasteiger partial charge in [-0.05, 0) is 23.8 Å².